The average Bonchev–Trinajstić information content (AvgIpc) is 2.64. The Labute approximate surface area is 160 Å². The average molecular weight is 362 g/mol. The lowest BCUT2D eigenvalue weighted by molar-refractivity contribution is 0.250. The van der Waals surface area contributed by atoms with Gasteiger partial charge in [0.25, 0.3) is 0 Å². The third-order valence-corrected chi connectivity index (χ3v) is 5.67. The largest absolute Gasteiger partial charge is 0.423 e. The molecule has 0 saturated carbocycles. The monoisotopic (exact) mass is 362 g/mol. The van der Waals surface area contributed by atoms with Crippen LogP contribution in [0, 0.1) is 20.8 Å². The SMILES string of the molecule is Cc1ccc2c(CN3CCN(c4cccc(C)c4C)CC3)cc(=O)oc2c1. The van der Waals surface area contributed by atoms with E-state index < -0.39 is 0 Å². The van der Waals surface area contributed by atoms with E-state index in [0.717, 1.165) is 49.2 Å². The van der Waals surface area contributed by atoms with Crippen LogP contribution in [0.1, 0.15) is 22.3 Å². The normalized spacial score (nSPS) is 15.4. The second-order valence-corrected chi connectivity index (χ2v) is 7.57. The molecule has 0 atom stereocenters. The maximum Gasteiger partial charge on any atom is 0.336 e. The van der Waals surface area contributed by atoms with E-state index in [-0.39, 0.29) is 5.63 Å². The summed E-state index contributed by atoms with van der Waals surface area (Å²) in [6.45, 7) is 11.1. The van der Waals surface area contributed by atoms with Gasteiger partial charge in [-0.2, -0.15) is 0 Å². The van der Waals surface area contributed by atoms with Gasteiger partial charge >= 0.3 is 5.63 Å². The highest BCUT2D eigenvalue weighted by molar-refractivity contribution is 5.80. The van der Waals surface area contributed by atoms with Crippen LogP contribution in [-0.2, 0) is 6.54 Å². The summed E-state index contributed by atoms with van der Waals surface area (Å²) in [7, 11) is 0. The molecular formula is C23H26N2O2. The van der Waals surface area contributed by atoms with Crippen LogP contribution in [0.4, 0.5) is 5.69 Å². The Hall–Kier alpha value is -2.59. The van der Waals surface area contributed by atoms with Crippen LogP contribution in [0.25, 0.3) is 11.0 Å². The van der Waals surface area contributed by atoms with Crippen LogP contribution in [0.2, 0.25) is 0 Å². The van der Waals surface area contributed by atoms with Gasteiger partial charge in [-0.15, -0.1) is 0 Å². The molecule has 0 N–H and O–H groups in total. The third kappa shape index (κ3) is 3.62. The highest BCUT2D eigenvalue weighted by Gasteiger charge is 2.20. The van der Waals surface area contributed by atoms with Gasteiger partial charge in [-0.1, -0.05) is 24.3 Å². The van der Waals surface area contributed by atoms with Crippen LogP contribution in [0.3, 0.4) is 0 Å². The van der Waals surface area contributed by atoms with Gasteiger partial charge in [0.2, 0.25) is 0 Å². The Morgan fingerprint density at radius 3 is 2.52 bits per heavy atom. The minimum absolute atomic E-state index is 0.267. The Morgan fingerprint density at radius 1 is 0.963 bits per heavy atom. The number of hydrogen-bond acceptors (Lipinski definition) is 4. The van der Waals surface area contributed by atoms with E-state index in [1.807, 2.05) is 13.0 Å². The van der Waals surface area contributed by atoms with Gasteiger partial charge in [0.05, 0.1) is 0 Å². The molecule has 2 aromatic carbocycles. The smallest absolute Gasteiger partial charge is 0.336 e. The van der Waals surface area contributed by atoms with Crippen molar-refractivity contribution < 1.29 is 4.42 Å². The first kappa shape index (κ1) is 17.8. The van der Waals surface area contributed by atoms with Gasteiger partial charge in [-0.25, -0.2) is 4.79 Å². The molecule has 0 amide bonds. The fourth-order valence-electron chi connectivity index (χ4n) is 3.93. The highest BCUT2D eigenvalue weighted by Crippen LogP contribution is 2.25. The number of hydrogen-bond donors (Lipinski definition) is 0. The van der Waals surface area contributed by atoms with Gasteiger partial charge in [0, 0.05) is 49.9 Å². The first-order chi connectivity index (χ1) is 13.0. The standard InChI is InChI=1S/C23H26N2O2/c1-16-7-8-20-19(14-23(26)27-22(20)13-16)15-24-9-11-25(12-10-24)21-6-4-5-17(2)18(21)3/h4-8,13-14H,9-12,15H2,1-3H3. The Balaban J connectivity index is 1.51. The summed E-state index contributed by atoms with van der Waals surface area (Å²) in [6.07, 6.45) is 0. The van der Waals surface area contributed by atoms with Gasteiger partial charge in [-0.3, -0.25) is 4.90 Å². The van der Waals surface area contributed by atoms with Crippen molar-refractivity contribution in [2.45, 2.75) is 27.3 Å². The van der Waals surface area contributed by atoms with E-state index in [9.17, 15) is 4.79 Å². The molecule has 0 bridgehead atoms. The maximum absolute atomic E-state index is 12.0. The molecule has 0 spiro atoms. The van der Waals surface area contributed by atoms with E-state index in [4.69, 9.17) is 4.42 Å². The van der Waals surface area contributed by atoms with Crippen LogP contribution >= 0.6 is 0 Å². The van der Waals surface area contributed by atoms with Crippen LogP contribution in [-0.4, -0.2) is 31.1 Å². The van der Waals surface area contributed by atoms with E-state index in [1.165, 1.54) is 16.8 Å². The van der Waals surface area contributed by atoms with E-state index in [1.54, 1.807) is 6.07 Å². The second-order valence-electron chi connectivity index (χ2n) is 7.57. The molecule has 4 nitrogen and oxygen atoms in total. The molecule has 1 saturated heterocycles. The van der Waals surface area contributed by atoms with Crippen molar-refractivity contribution in [3.8, 4) is 0 Å². The number of aryl methyl sites for hydroxylation is 2. The minimum Gasteiger partial charge on any atom is -0.423 e. The first-order valence-corrected chi connectivity index (χ1v) is 9.58. The van der Waals surface area contributed by atoms with Gasteiger partial charge in [-0.05, 0) is 55.2 Å². The van der Waals surface area contributed by atoms with Crippen molar-refractivity contribution in [1.29, 1.82) is 0 Å². The van der Waals surface area contributed by atoms with Crippen molar-refractivity contribution in [3.05, 3.63) is 75.1 Å². The quantitative estimate of drug-likeness (QED) is 0.659. The zero-order chi connectivity index (χ0) is 19.0. The topological polar surface area (TPSA) is 36.7 Å². The minimum atomic E-state index is -0.267. The Morgan fingerprint density at radius 2 is 1.74 bits per heavy atom. The summed E-state index contributed by atoms with van der Waals surface area (Å²) in [5.41, 5.74) is 6.63. The summed E-state index contributed by atoms with van der Waals surface area (Å²) in [4.78, 5) is 16.9. The first-order valence-electron chi connectivity index (χ1n) is 9.58. The van der Waals surface area contributed by atoms with Crippen molar-refractivity contribution in [2.75, 3.05) is 31.1 Å². The van der Waals surface area contributed by atoms with Gasteiger partial charge in [0.15, 0.2) is 0 Å². The number of piperazine rings is 1. The fourth-order valence-corrected chi connectivity index (χ4v) is 3.93. The van der Waals surface area contributed by atoms with E-state index in [2.05, 4.69) is 54.0 Å². The van der Waals surface area contributed by atoms with Crippen molar-refractivity contribution in [3.63, 3.8) is 0 Å². The zero-order valence-corrected chi connectivity index (χ0v) is 16.3. The number of nitrogens with zero attached hydrogens (tertiary/aromatic N) is 2. The predicted molar refractivity (Wildman–Crippen MR) is 111 cm³/mol. The Kier molecular flexibility index (Phi) is 4.75. The zero-order valence-electron chi connectivity index (χ0n) is 16.3. The lowest BCUT2D eigenvalue weighted by Gasteiger charge is -2.37. The van der Waals surface area contributed by atoms with Crippen molar-refractivity contribution >= 4 is 16.7 Å². The summed E-state index contributed by atoms with van der Waals surface area (Å²) in [5, 5.41) is 1.04. The lowest BCUT2D eigenvalue weighted by atomic mass is 10.1. The summed E-state index contributed by atoms with van der Waals surface area (Å²) in [6, 6.07) is 14.3. The molecule has 1 aromatic heterocycles. The summed E-state index contributed by atoms with van der Waals surface area (Å²) < 4.78 is 5.39. The second kappa shape index (κ2) is 7.20. The molecule has 0 aliphatic carbocycles. The van der Waals surface area contributed by atoms with Crippen LogP contribution < -0.4 is 10.5 Å². The number of benzene rings is 2. The molecule has 3 aromatic rings. The fraction of sp³-hybridized carbons (Fsp3) is 0.348. The molecule has 140 valence electrons. The molecule has 2 heterocycles. The molecule has 1 fully saturated rings. The summed E-state index contributed by atoms with van der Waals surface area (Å²) in [5.74, 6) is 0. The molecule has 0 unspecified atom stereocenters. The highest BCUT2D eigenvalue weighted by atomic mass is 16.4. The summed E-state index contributed by atoms with van der Waals surface area (Å²) >= 11 is 0. The van der Waals surface area contributed by atoms with Gasteiger partial charge < -0.3 is 9.32 Å². The number of fused-ring (bicyclic) bond motifs is 1. The van der Waals surface area contributed by atoms with E-state index in [0.29, 0.717) is 5.58 Å². The molecule has 1 aliphatic rings. The van der Waals surface area contributed by atoms with Crippen LogP contribution in [0.5, 0.6) is 0 Å². The molecule has 1 aliphatic heterocycles. The molecule has 27 heavy (non-hydrogen) atoms. The third-order valence-electron chi connectivity index (χ3n) is 5.67. The molecular weight excluding hydrogens is 336 g/mol. The number of rotatable bonds is 3. The predicted octanol–water partition coefficient (Wildman–Crippen LogP) is 4.04. The Bertz CT molecular complexity index is 1030. The lowest BCUT2D eigenvalue weighted by Crippen LogP contribution is -2.46. The van der Waals surface area contributed by atoms with Crippen molar-refractivity contribution in [2.24, 2.45) is 0 Å². The van der Waals surface area contributed by atoms with Crippen molar-refractivity contribution in [1.82, 2.24) is 4.90 Å². The van der Waals surface area contributed by atoms with E-state index >= 15 is 0 Å². The maximum atomic E-state index is 12.0. The van der Waals surface area contributed by atoms with Gasteiger partial charge in [0.1, 0.15) is 5.58 Å². The molecule has 0 radical (unpaired) electrons. The van der Waals surface area contributed by atoms with Crippen LogP contribution in [0.15, 0.2) is 51.7 Å². The number of anilines is 1. The molecule has 4 heteroatoms. The molecule has 4 rings (SSSR count).